The first kappa shape index (κ1) is 21.3. The molecular formula is C28H30INS. The molecule has 0 bridgehead atoms. The predicted octanol–water partition coefficient (Wildman–Crippen LogP) is 9.89. The third-order valence-corrected chi connectivity index (χ3v) is 9.12. The van der Waals surface area contributed by atoms with Crippen LogP contribution in [0.4, 0.5) is 11.4 Å². The maximum atomic E-state index is 2.47. The van der Waals surface area contributed by atoms with Crippen LogP contribution in [-0.2, 0) is 5.41 Å². The van der Waals surface area contributed by atoms with Gasteiger partial charge in [0.1, 0.15) is 0 Å². The summed E-state index contributed by atoms with van der Waals surface area (Å²) in [6.45, 7) is 6.81. The van der Waals surface area contributed by atoms with Crippen molar-refractivity contribution in [1.29, 1.82) is 0 Å². The van der Waals surface area contributed by atoms with Gasteiger partial charge in [0.2, 0.25) is 0 Å². The minimum Gasteiger partial charge on any atom is -0.282 e. The maximum absolute atomic E-state index is 2.47. The van der Waals surface area contributed by atoms with Gasteiger partial charge in [0.15, 0.2) is 0 Å². The number of anilines is 2. The third-order valence-electron chi connectivity index (χ3n) is 6.75. The summed E-state index contributed by atoms with van der Waals surface area (Å²) >= 11 is 4.46. The van der Waals surface area contributed by atoms with Gasteiger partial charge >= 0.3 is 0 Å². The molecule has 0 spiro atoms. The molecule has 4 aromatic rings. The SMILES string of the molecule is CC(C)(C)c1ccc(N(I)c2cccc3c2sc2c(C4CCCCC4)cccc23)cc1. The van der Waals surface area contributed by atoms with E-state index in [0.29, 0.717) is 0 Å². The summed E-state index contributed by atoms with van der Waals surface area (Å²) in [6.07, 6.45) is 6.85. The highest BCUT2D eigenvalue weighted by Crippen LogP contribution is 2.46. The normalized spacial score (nSPS) is 15.6. The van der Waals surface area contributed by atoms with Crippen molar-refractivity contribution in [2.24, 2.45) is 0 Å². The van der Waals surface area contributed by atoms with Gasteiger partial charge in [0, 0.05) is 15.5 Å². The van der Waals surface area contributed by atoms with Crippen molar-refractivity contribution in [2.75, 3.05) is 3.11 Å². The minimum atomic E-state index is 0.176. The van der Waals surface area contributed by atoms with Crippen LogP contribution in [0.1, 0.15) is 69.9 Å². The molecular weight excluding hydrogens is 509 g/mol. The standard InChI is InChI=1S/C28H30INS/c1-28(2,3)20-15-17-21(18-16-20)30(29)25-14-8-13-24-23-12-7-11-22(26(23)31-27(24)25)19-9-5-4-6-10-19/h7-8,11-19H,4-6,9-10H2,1-3H3. The largest absolute Gasteiger partial charge is 0.282 e. The molecule has 160 valence electrons. The van der Waals surface area contributed by atoms with Crippen molar-refractivity contribution in [1.82, 2.24) is 0 Å². The summed E-state index contributed by atoms with van der Waals surface area (Å²) in [5.74, 6) is 0.731. The zero-order valence-corrected chi connectivity index (χ0v) is 21.6. The lowest BCUT2D eigenvalue weighted by molar-refractivity contribution is 0.446. The Balaban J connectivity index is 1.59. The van der Waals surface area contributed by atoms with Crippen LogP contribution in [0.2, 0.25) is 0 Å². The molecule has 0 radical (unpaired) electrons. The third kappa shape index (κ3) is 4.00. The van der Waals surface area contributed by atoms with E-state index in [0.717, 1.165) is 5.92 Å². The van der Waals surface area contributed by atoms with Gasteiger partial charge in [-0.1, -0.05) is 82.5 Å². The molecule has 3 aromatic carbocycles. The summed E-state index contributed by atoms with van der Waals surface area (Å²) in [4.78, 5) is 0. The average Bonchev–Trinajstić information content (AvgIpc) is 3.18. The van der Waals surface area contributed by atoms with E-state index in [1.165, 1.54) is 69.2 Å². The fourth-order valence-corrected chi connectivity index (χ4v) is 7.23. The number of rotatable bonds is 3. The second-order valence-electron chi connectivity index (χ2n) is 9.89. The van der Waals surface area contributed by atoms with Crippen molar-refractivity contribution in [3.8, 4) is 0 Å². The van der Waals surface area contributed by atoms with Gasteiger partial charge in [-0.25, -0.2) is 0 Å². The molecule has 1 aliphatic rings. The second-order valence-corrected chi connectivity index (χ2v) is 11.9. The minimum absolute atomic E-state index is 0.176. The molecule has 0 N–H and O–H groups in total. The summed E-state index contributed by atoms with van der Waals surface area (Å²) < 4.78 is 5.22. The van der Waals surface area contributed by atoms with E-state index in [1.54, 1.807) is 5.56 Å². The lowest BCUT2D eigenvalue weighted by Gasteiger charge is -2.22. The summed E-state index contributed by atoms with van der Waals surface area (Å²) in [6, 6.07) is 22.8. The van der Waals surface area contributed by atoms with Crippen LogP contribution in [0.5, 0.6) is 0 Å². The summed E-state index contributed by atoms with van der Waals surface area (Å²) in [5.41, 5.74) is 5.65. The van der Waals surface area contributed by atoms with Crippen LogP contribution in [-0.4, -0.2) is 0 Å². The number of hydrogen-bond donors (Lipinski definition) is 0. The molecule has 1 aliphatic carbocycles. The van der Waals surface area contributed by atoms with Crippen molar-refractivity contribution in [2.45, 2.75) is 64.2 Å². The van der Waals surface area contributed by atoms with Crippen molar-refractivity contribution in [3.05, 3.63) is 71.8 Å². The van der Waals surface area contributed by atoms with E-state index in [4.69, 9.17) is 0 Å². The number of nitrogens with zero attached hydrogens (tertiary/aromatic N) is 1. The first-order valence-corrected chi connectivity index (χ1v) is 13.2. The fraction of sp³-hybridized carbons (Fsp3) is 0.357. The number of hydrogen-bond acceptors (Lipinski definition) is 2. The van der Waals surface area contributed by atoms with E-state index in [2.05, 4.69) is 107 Å². The Kier molecular flexibility index (Phi) is 5.76. The van der Waals surface area contributed by atoms with E-state index < -0.39 is 0 Å². The molecule has 1 saturated carbocycles. The highest BCUT2D eigenvalue weighted by atomic mass is 127. The first-order chi connectivity index (χ1) is 14.9. The van der Waals surface area contributed by atoms with Gasteiger partial charge in [-0.15, -0.1) is 11.3 Å². The van der Waals surface area contributed by atoms with Crippen molar-refractivity contribution < 1.29 is 0 Å². The second kappa shape index (κ2) is 8.40. The lowest BCUT2D eigenvalue weighted by Crippen LogP contribution is -2.11. The van der Waals surface area contributed by atoms with Crippen LogP contribution < -0.4 is 3.11 Å². The van der Waals surface area contributed by atoms with Gasteiger partial charge in [-0.3, -0.25) is 3.11 Å². The average molecular weight is 540 g/mol. The number of halogens is 1. The topological polar surface area (TPSA) is 3.24 Å². The molecule has 0 atom stereocenters. The lowest BCUT2D eigenvalue weighted by atomic mass is 9.84. The van der Waals surface area contributed by atoms with Gasteiger partial charge in [-0.05, 0) is 53.5 Å². The monoisotopic (exact) mass is 539 g/mol. The zero-order valence-electron chi connectivity index (χ0n) is 18.6. The first-order valence-electron chi connectivity index (χ1n) is 11.4. The van der Waals surface area contributed by atoms with Gasteiger partial charge < -0.3 is 0 Å². The van der Waals surface area contributed by atoms with E-state index in [1.807, 2.05) is 11.3 Å². The molecule has 0 amide bonds. The Morgan fingerprint density at radius 3 is 2.13 bits per heavy atom. The van der Waals surface area contributed by atoms with E-state index in [9.17, 15) is 0 Å². The molecule has 1 aromatic heterocycles. The zero-order chi connectivity index (χ0) is 21.6. The molecule has 0 unspecified atom stereocenters. The molecule has 31 heavy (non-hydrogen) atoms. The fourth-order valence-electron chi connectivity index (χ4n) is 4.95. The predicted molar refractivity (Wildman–Crippen MR) is 146 cm³/mol. The van der Waals surface area contributed by atoms with Gasteiger partial charge in [0.25, 0.3) is 0 Å². The highest BCUT2D eigenvalue weighted by Gasteiger charge is 2.21. The molecule has 1 nitrogen and oxygen atoms in total. The molecule has 0 saturated heterocycles. The number of thiophene rings is 1. The van der Waals surface area contributed by atoms with Crippen molar-refractivity contribution >= 4 is 65.7 Å². The number of benzene rings is 3. The van der Waals surface area contributed by atoms with Gasteiger partial charge in [0.05, 0.1) is 38.9 Å². The molecule has 1 fully saturated rings. The highest BCUT2D eigenvalue weighted by molar-refractivity contribution is 14.1. The van der Waals surface area contributed by atoms with Crippen LogP contribution in [0.3, 0.4) is 0 Å². The maximum Gasteiger partial charge on any atom is 0.0689 e. The van der Waals surface area contributed by atoms with Crippen molar-refractivity contribution in [3.63, 3.8) is 0 Å². The molecule has 0 aliphatic heterocycles. The summed E-state index contributed by atoms with van der Waals surface area (Å²) in [5, 5.41) is 2.82. The molecule has 5 rings (SSSR count). The van der Waals surface area contributed by atoms with Crippen LogP contribution >= 0.6 is 34.2 Å². The van der Waals surface area contributed by atoms with Crippen LogP contribution in [0, 0.1) is 0 Å². The molecule has 3 heteroatoms. The Labute approximate surface area is 204 Å². The van der Waals surface area contributed by atoms with Crippen LogP contribution in [0.25, 0.3) is 20.2 Å². The Morgan fingerprint density at radius 1 is 0.806 bits per heavy atom. The number of fused-ring (bicyclic) bond motifs is 3. The smallest absolute Gasteiger partial charge is 0.0689 e. The van der Waals surface area contributed by atoms with Crippen LogP contribution in [0.15, 0.2) is 60.7 Å². The summed E-state index contributed by atoms with van der Waals surface area (Å²) in [7, 11) is 0. The Hall–Kier alpha value is -1.59. The Morgan fingerprint density at radius 2 is 1.45 bits per heavy atom. The quantitative estimate of drug-likeness (QED) is 0.185. The molecule has 1 heterocycles. The van der Waals surface area contributed by atoms with E-state index in [-0.39, 0.29) is 5.41 Å². The van der Waals surface area contributed by atoms with Gasteiger partial charge in [-0.2, -0.15) is 0 Å². The Bertz CT molecular complexity index is 1210. The van der Waals surface area contributed by atoms with E-state index >= 15 is 0 Å².